The first-order valence-corrected chi connectivity index (χ1v) is 14.1. The second kappa shape index (κ2) is 13.7. The zero-order valence-corrected chi connectivity index (χ0v) is 25.8. The molecule has 0 aliphatic carbocycles. The molecule has 9 nitrogen and oxygen atoms in total. The number of hydrogen-bond acceptors (Lipinski definition) is 6. The summed E-state index contributed by atoms with van der Waals surface area (Å²) in [6.45, 7) is 3.87. The van der Waals surface area contributed by atoms with Crippen LogP contribution in [0.5, 0.6) is 0 Å². The van der Waals surface area contributed by atoms with Crippen LogP contribution in [0.3, 0.4) is 0 Å². The summed E-state index contributed by atoms with van der Waals surface area (Å²) in [5, 5.41) is 7.87. The van der Waals surface area contributed by atoms with Crippen molar-refractivity contribution >= 4 is 58.2 Å². The number of ether oxygens (including phenoxy) is 1. The summed E-state index contributed by atoms with van der Waals surface area (Å²) >= 11 is 0. The summed E-state index contributed by atoms with van der Waals surface area (Å²) in [4.78, 5) is 56.6. The molecule has 0 radical (unpaired) electrons. The first-order valence-electron chi connectivity index (χ1n) is 14.1. The number of carbonyl (C=O) groups is 4. The lowest BCUT2D eigenvalue weighted by Gasteiger charge is -2.27. The van der Waals surface area contributed by atoms with Crippen LogP contribution in [0.15, 0.2) is 84.9 Å². The van der Waals surface area contributed by atoms with Crippen molar-refractivity contribution in [2.24, 2.45) is 0 Å². The van der Waals surface area contributed by atoms with Crippen LogP contribution in [-0.4, -0.2) is 56.5 Å². The molecule has 1 aliphatic heterocycles. The predicted molar refractivity (Wildman–Crippen MR) is 173 cm³/mol. The standard InChI is InChI=1S/C34H34N4O5.ClH/c1-21-13-14-23-9-5-6-10-26(23)27(21)19-37-29-11-7-8-12-30(29)38(20-28(33(37)41)36-31(39)22(2)35-3)32(40)24-15-17-25(18-16-24)34(42)43-4;/h5-18,22,28,35H,19-20H2,1-4H3,(H,36,39);1H/t22-,28-;/m0./s1. The van der Waals surface area contributed by atoms with Gasteiger partial charge in [-0.15, -0.1) is 12.4 Å². The highest BCUT2D eigenvalue weighted by molar-refractivity contribution is 6.13. The fourth-order valence-electron chi connectivity index (χ4n) is 5.31. The number of rotatable bonds is 7. The van der Waals surface area contributed by atoms with Gasteiger partial charge in [0.25, 0.3) is 11.8 Å². The molecule has 4 aromatic carbocycles. The summed E-state index contributed by atoms with van der Waals surface area (Å²) in [5.41, 5.74) is 3.73. The Labute approximate surface area is 262 Å². The van der Waals surface area contributed by atoms with Crippen LogP contribution in [0.2, 0.25) is 0 Å². The summed E-state index contributed by atoms with van der Waals surface area (Å²) in [6, 6.07) is 23.9. The number of anilines is 2. The number of halogens is 1. The molecule has 228 valence electrons. The Bertz CT molecular complexity index is 1710. The van der Waals surface area contributed by atoms with E-state index in [1.54, 1.807) is 37.1 Å². The molecule has 0 saturated carbocycles. The van der Waals surface area contributed by atoms with Crippen molar-refractivity contribution in [1.29, 1.82) is 0 Å². The molecule has 3 amide bonds. The van der Waals surface area contributed by atoms with E-state index >= 15 is 0 Å². The number of aryl methyl sites for hydroxylation is 1. The highest BCUT2D eigenvalue weighted by atomic mass is 35.5. The second-order valence-electron chi connectivity index (χ2n) is 10.6. The third-order valence-electron chi connectivity index (χ3n) is 7.92. The van der Waals surface area contributed by atoms with Crippen molar-refractivity contribution in [1.82, 2.24) is 10.6 Å². The number of carbonyl (C=O) groups excluding carboxylic acids is 4. The van der Waals surface area contributed by atoms with E-state index in [0.29, 0.717) is 22.5 Å². The van der Waals surface area contributed by atoms with E-state index in [9.17, 15) is 19.2 Å². The van der Waals surface area contributed by atoms with E-state index < -0.39 is 18.1 Å². The van der Waals surface area contributed by atoms with E-state index in [2.05, 4.69) is 16.7 Å². The number of nitrogens with one attached hydrogen (secondary N) is 2. The highest BCUT2D eigenvalue weighted by Crippen LogP contribution is 2.36. The summed E-state index contributed by atoms with van der Waals surface area (Å²) in [7, 11) is 2.96. The second-order valence-corrected chi connectivity index (χ2v) is 10.6. The van der Waals surface area contributed by atoms with Gasteiger partial charge in [-0.3, -0.25) is 14.4 Å². The molecule has 44 heavy (non-hydrogen) atoms. The number of hydrogen-bond donors (Lipinski definition) is 2. The molecule has 0 unspecified atom stereocenters. The molecule has 1 heterocycles. The third-order valence-corrected chi connectivity index (χ3v) is 7.92. The number of para-hydroxylation sites is 2. The van der Waals surface area contributed by atoms with Crippen molar-refractivity contribution < 1.29 is 23.9 Å². The van der Waals surface area contributed by atoms with Gasteiger partial charge in [0.1, 0.15) is 6.04 Å². The Kier molecular flexibility index (Phi) is 10.0. The molecular weight excluding hydrogens is 580 g/mol. The van der Waals surface area contributed by atoms with Crippen molar-refractivity contribution in [3.8, 4) is 0 Å². The molecule has 5 rings (SSSR count). The first-order chi connectivity index (χ1) is 20.7. The van der Waals surface area contributed by atoms with Gasteiger partial charge in [-0.1, -0.05) is 48.5 Å². The van der Waals surface area contributed by atoms with Gasteiger partial charge in [0, 0.05) is 5.56 Å². The average Bonchev–Trinajstić information content (AvgIpc) is 3.15. The number of fused-ring (bicyclic) bond motifs is 2. The number of esters is 1. The normalized spacial score (nSPS) is 15.1. The van der Waals surface area contributed by atoms with Gasteiger partial charge in [0.2, 0.25) is 5.91 Å². The van der Waals surface area contributed by atoms with Crippen LogP contribution in [0.25, 0.3) is 10.8 Å². The van der Waals surface area contributed by atoms with Crippen molar-refractivity contribution in [2.45, 2.75) is 32.5 Å². The fraction of sp³-hybridized carbons (Fsp3) is 0.235. The van der Waals surface area contributed by atoms with E-state index in [1.807, 2.05) is 55.5 Å². The van der Waals surface area contributed by atoms with Gasteiger partial charge in [0.15, 0.2) is 0 Å². The largest absolute Gasteiger partial charge is 0.465 e. The van der Waals surface area contributed by atoms with E-state index in [4.69, 9.17) is 4.74 Å². The van der Waals surface area contributed by atoms with Crippen LogP contribution >= 0.6 is 12.4 Å². The van der Waals surface area contributed by atoms with E-state index in [-0.39, 0.29) is 43.2 Å². The smallest absolute Gasteiger partial charge is 0.337 e. The molecule has 1 aliphatic rings. The molecule has 0 bridgehead atoms. The topological polar surface area (TPSA) is 108 Å². The van der Waals surface area contributed by atoms with Crippen LogP contribution < -0.4 is 20.4 Å². The predicted octanol–water partition coefficient (Wildman–Crippen LogP) is 4.64. The number of nitrogens with zero attached hydrogens (tertiary/aromatic N) is 2. The van der Waals surface area contributed by atoms with E-state index in [1.165, 1.54) is 24.1 Å². The lowest BCUT2D eigenvalue weighted by Crippen LogP contribution is -2.55. The molecule has 0 saturated heterocycles. The minimum atomic E-state index is -1.02. The van der Waals surface area contributed by atoms with Gasteiger partial charge < -0.3 is 25.2 Å². The molecule has 4 aromatic rings. The molecule has 2 N–H and O–H groups in total. The highest BCUT2D eigenvalue weighted by Gasteiger charge is 2.38. The quantitative estimate of drug-likeness (QED) is 0.294. The minimum absolute atomic E-state index is 0. The maximum Gasteiger partial charge on any atom is 0.337 e. The Morgan fingerprint density at radius 1 is 0.909 bits per heavy atom. The Morgan fingerprint density at radius 3 is 2.23 bits per heavy atom. The lowest BCUT2D eigenvalue weighted by molar-refractivity contribution is -0.128. The van der Waals surface area contributed by atoms with Gasteiger partial charge in [0.05, 0.1) is 43.2 Å². The van der Waals surface area contributed by atoms with Crippen LogP contribution in [0, 0.1) is 6.92 Å². The average molecular weight is 615 g/mol. The Morgan fingerprint density at radius 2 is 1.55 bits per heavy atom. The zero-order valence-electron chi connectivity index (χ0n) is 25.0. The van der Waals surface area contributed by atoms with Crippen molar-refractivity contribution in [2.75, 3.05) is 30.5 Å². The molecule has 10 heteroatoms. The first kappa shape index (κ1) is 32.2. The third kappa shape index (κ3) is 6.29. The molecule has 0 fully saturated rings. The summed E-state index contributed by atoms with van der Waals surface area (Å²) in [6.07, 6.45) is 0. The maximum atomic E-state index is 14.4. The Hall–Kier alpha value is -4.73. The van der Waals surface area contributed by atoms with Gasteiger partial charge in [-0.05, 0) is 79.2 Å². The van der Waals surface area contributed by atoms with Crippen molar-refractivity contribution in [3.05, 3.63) is 107 Å². The number of amides is 3. The minimum Gasteiger partial charge on any atom is -0.465 e. The zero-order chi connectivity index (χ0) is 30.7. The van der Waals surface area contributed by atoms with E-state index in [0.717, 1.165) is 21.9 Å². The monoisotopic (exact) mass is 614 g/mol. The number of methoxy groups -OCH3 is 1. The van der Waals surface area contributed by atoms with Gasteiger partial charge in [-0.2, -0.15) is 0 Å². The summed E-state index contributed by atoms with van der Waals surface area (Å²) in [5.74, 6) is -1.57. The van der Waals surface area contributed by atoms with Crippen LogP contribution in [0.1, 0.15) is 38.8 Å². The number of likely N-dealkylation sites (N-methyl/N-ethyl adjacent to an activating group) is 1. The molecular formula is C34H35ClN4O5. The van der Waals surface area contributed by atoms with Crippen LogP contribution in [-0.2, 0) is 20.9 Å². The summed E-state index contributed by atoms with van der Waals surface area (Å²) < 4.78 is 4.78. The lowest BCUT2D eigenvalue weighted by atomic mass is 9.99. The van der Waals surface area contributed by atoms with Crippen molar-refractivity contribution in [3.63, 3.8) is 0 Å². The number of benzene rings is 4. The van der Waals surface area contributed by atoms with Gasteiger partial charge in [-0.25, -0.2) is 4.79 Å². The fourth-order valence-corrected chi connectivity index (χ4v) is 5.31. The SMILES string of the molecule is CN[C@@H](C)C(=O)N[C@H]1CN(C(=O)c2ccc(C(=O)OC)cc2)c2ccccc2N(Cc2c(C)ccc3ccccc23)C1=O.Cl. The molecule has 0 aromatic heterocycles. The van der Waals surface area contributed by atoms with Crippen LogP contribution in [0.4, 0.5) is 11.4 Å². The maximum absolute atomic E-state index is 14.4. The molecule has 2 atom stereocenters. The molecule has 0 spiro atoms. The Balaban J connectivity index is 0.00000442. The van der Waals surface area contributed by atoms with Gasteiger partial charge >= 0.3 is 5.97 Å².